The summed E-state index contributed by atoms with van der Waals surface area (Å²) in [6.45, 7) is 1.76. The van der Waals surface area contributed by atoms with Gasteiger partial charge in [-0.2, -0.15) is 0 Å². The van der Waals surface area contributed by atoms with Gasteiger partial charge >= 0.3 is 0 Å². The molecule has 0 saturated carbocycles. The molecule has 1 aromatic heterocycles. The van der Waals surface area contributed by atoms with Crippen LogP contribution in [0.1, 0.15) is 15.9 Å². The molecular weight excluding hydrogens is 232 g/mol. The van der Waals surface area contributed by atoms with Crippen LogP contribution in [0.15, 0.2) is 36.7 Å². The molecule has 0 aliphatic rings. The van der Waals surface area contributed by atoms with Crippen molar-refractivity contribution in [2.24, 2.45) is 0 Å². The van der Waals surface area contributed by atoms with Crippen molar-refractivity contribution in [3.63, 3.8) is 0 Å². The number of carbonyl (C=O) groups is 1. The van der Waals surface area contributed by atoms with E-state index in [0.29, 0.717) is 5.69 Å². The number of amides is 1. The van der Waals surface area contributed by atoms with Crippen LogP contribution in [0.3, 0.4) is 0 Å². The van der Waals surface area contributed by atoms with Crippen molar-refractivity contribution in [3.05, 3.63) is 47.8 Å². The average Bonchev–Trinajstić information content (AvgIpc) is 2.34. The maximum absolute atomic E-state index is 11.9. The van der Waals surface area contributed by atoms with E-state index in [1.54, 1.807) is 19.1 Å². The van der Waals surface area contributed by atoms with Crippen LogP contribution in [0, 0.1) is 6.92 Å². The van der Waals surface area contributed by atoms with Crippen molar-refractivity contribution in [2.45, 2.75) is 6.92 Å². The van der Waals surface area contributed by atoms with Gasteiger partial charge in [-0.1, -0.05) is 6.07 Å². The Morgan fingerprint density at radius 2 is 2.00 bits per heavy atom. The predicted molar refractivity (Wildman–Crippen MR) is 66.7 cm³/mol. The number of phenolic OH excluding ortho intramolecular Hbond substituents is 1. The van der Waals surface area contributed by atoms with Crippen LogP contribution in [-0.2, 0) is 0 Å². The number of nitrogens with one attached hydrogen (secondary N) is 1. The highest BCUT2D eigenvalue weighted by Crippen LogP contribution is 2.22. The number of nitrogens with zero attached hydrogens (tertiary/aromatic N) is 1. The number of anilines is 1. The fraction of sp³-hybridized carbons (Fsp3) is 0.0769. The molecule has 1 aromatic carbocycles. The number of carbonyl (C=O) groups excluding carboxylic acids is 1. The molecule has 3 N–H and O–H groups in total. The van der Waals surface area contributed by atoms with Gasteiger partial charge in [0, 0.05) is 18.0 Å². The molecule has 2 aromatic rings. The highest BCUT2D eigenvalue weighted by molar-refractivity contribution is 6.06. The normalized spacial score (nSPS) is 10.1. The van der Waals surface area contributed by atoms with Crippen LogP contribution < -0.4 is 5.32 Å². The van der Waals surface area contributed by atoms with E-state index in [2.05, 4.69) is 10.3 Å². The Bertz CT molecular complexity index is 597. The Morgan fingerprint density at radius 3 is 2.67 bits per heavy atom. The largest absolute Gasteiger partial charge is 0.508 e. The monoisotopic (exact) mass is 244 g/mol. The van der Waals surface area contributed by atoms with E-state index in [9.17, 15) is 15.0 Å². The van der Waals surface area contributed by atoms with Crippen molar-refractivity contribution < 1.29 is 15.0 Å². The molecule has 18 heavy (non-hydrogen) atoms. The van der Waals surface area contributed by atoms with Crippen molar-refractivity contribution in [1.82, 2.24) is 4.98 Å². The Balaban J connectivity index is 2.22. The molecule has 0 aliphatic heterocycles. The first-order valence-corrected chi connectivity index (χ1v) is 5.32. The smallest absolute Gasteiger partial charge is 0.259 e. The molecule has 0 aliphatic carbocycles. The standard InChI is InChI=1S/C13H12N2O3/c1-8-2-3-9(6-11(8)16)15-13(18)10-4-5-14-7-12(10)17/h2-7,16-17H,1H3,(H,15,18). The highest BCUT2D eigenvalue weighted by Gasteiger charge is 2.11. The van der Waals surface area contributed by atoms with Crippen LogP contribution in [0.25, 0.3) is 0 Å². The number of hydrogen-bond donors (Lipinski definition) is 3. The van der Waals surface area contributed by atoms with Gasteiger partial charge in [0.25, 0.3) is 5.91 Å². The lowest BCUT2D eigenvalue weighted by atomic mass is 10.2. The molecule has 92 valence electrons. The van der Waals surface area contributed by atoms with Gasteiger partial charge in [-0.3, -0.25) is 9.78 Å². The Labute approximate surface area is 104 Å². The fourth-order valence-electron chi connectivity index (χ4n) is 1.46. The van der Waals surface area contributed by atoms with Crippen molar-refractivity contribution in [3.8, 4) is 11.5 Å². The molecular formula is C13H12N2O3. The van der Waals surface area contributed by atoms with Crippen molar-refractivity contribution >= 4 is 11.6 Å². The minimum Gasteiger partial charge on any atom is -0.508 e. The van der Waals surface area contributed by atoms with Gasteiger partial charge in [-0.25, -0.2) is 0 Å². The maximum Gasteiger partial charge on any atom is 0.259 e. The molecule has 0 bridgehead atoms. The minimum absolute atomic E-state index is 0.103. The summed E-state index contributed by atoms with van der Waals surface area (Å²) >= 11 is 0. The molecule has 5 nitrogen and oxygen atoms in total. The Hall–Kier alpha value is -2.56. The molecule has 0 spiro atoms. The molecule has 5 heteroatoms. The molecule has 0 atom stereocenters. The number of aromatic hydroxyl groups is 2. The van der Waals surface area contributed by atoms with E-state index in [0.717, 1.165) is 5.56 Å². The molecule has 0 radical (unpaired) electrons. The minimum atomic E-state index is -0.460. The summed E-state index contributed by atoms with van der Waals surface area (Å²) in [4.78, 5) is 15.5. The first kappa shape index (κ1) is 11.9. The number of aromatic nitrogens is 1. The van der Waals surface area contributed by atoms with Gasteiger partial charge in [0.2, 0.25) is 0 Å². The Morgan fingerprint density at radius 1 is 1.22 bits per heavy atom. The molecule has 2 rings (SSSR count). The summed E-state index contributed by atoms with van der Waals surface area (Å²) in [5.41, 5.74) is 1.31. The zero-order chi connectivity index (χ0) is 13.1. The van der Waals surface area contributed by atoms with Crippen LogP contribution in [0.4, 0.5) is 5.69 Å². The average molecular weight is 244 g/mol. The van der Waals surface area contributed by atoms with Gasteiger partial charge in [-0.15, -0.1) is 0 Å². The van der Waals surface area contributed by atoms with Gasteiger partial charge in [0.05, 0.1) is 11.8 Å². The third-order valence-corrected chi connectivity index (χ3v) is 2.51. The number of phenols is 1. The topological polar surface area (TPSA) is 82.5 Å². The second-order valence-corrected chi connectivity index (χ2v) is 3.85. The third kappa shape index (κ3) is 2.40. The third-order valence-electron chi connectivity index (χ3n) is 2.51. The van der Waals surface area contributed by atoms with E-state index in [-0.39, 0.29) is 17.1 Å². The van der Waals surface area contributed by atoms with Gasteiger partial charge in [-0.05, 0) is 24.6 Å². The summed E-state index contributed by atoms with van der Waals surface area (Å²) < 4.78 is 0. The maximum atomic E-state index is 11.9. The first-order chi connectivity index (χ1) is 8.58. The quantitative estimate of drug-likeness (QED) is 0.755. The second kappa shape index (κ2) is 4.75. The number of aryl methyl sites for hydroxylation is 1. The van der Waals surface area contributed by atoms with Crippen LogP contribution in [0.2, 0.25) is 0 Å². The lowest BCUT2D eigenvalue weighted by molar-refractivity contribution is 0.102. The van der Waals surface area contributed by atoms with Crippen molar-refractivity contribution in [1.29, 1.82) is 0 Å². The summed E-state index contributed by atoms with van der Waals surface area (Å²) in [5, 5.41) is 21.6. The highest BCUT2D eigenvalue weighted by atomic mass is 16.3. The molecule has 0 unspecified atom stereocenters. The number of rotatable bonds is 2. The van der Waals surface area contributed by atoms with E-state index < -0.39 is 5.91 Å². The van der Waals surface area contributed by atoms with E-state index in [4.69, 9.17) is 0 Å². The van der Waals surface area contributed by atoms with Crippen LogP contribution >= 0.6 is 0 Å². The van der Waals surface area contributed by atoms with E-state index in [1.807, 2.05) is 0 Å². The predicted octanol–water partition coefficient (Wildman–Crippen LogP) is 2.05. The van der Waals surface area contributed by atoms with Gasteiger partial charge < -0.3 is 15.5 Å². The molecule has 0 saturated heterocycles. The van der Waals surface area contributed by atoms with Crippen LogP contribution in [-0.4, -0.2) is 21.1 Å². The summed E-state index contributed by atoms with van der Waals surface area (Å²) in [6.07, 6.45) is 2.61. The zero-order valence-electron chi connectivity index (χ0n) is 9.71. The van der Waals surface area contributed by atoms with Gasteiger partial charge in [0.1, 0.15) is 11.5 Å². The number of hydrogen-bond acceptors (Lipinski definition) is 4. The molecule has 1 amide bonds. The number of benzene rings is 1. The second-order valence-electron chi connectivity index (χ2n) is 3.85. The van der Waals surface area contributed by atoms with E-state index in [1.165, 1.54) is 24.5 Å². The SMILES string of the molecule is Cc1ccc(NC(=O)c2ccncc2O)cc1O. The zero-order valence-corrected chi connectivity index (χ0v) is 9.71. The number of pyridine rings is 1. The summed E-state index contributed by atoms with van der Waals surface area (Å²) in [6, 6.07) is 6.23. The fourth-order valence-corrected chi connectivity index (χ4v) is 1.46. The lowest BCUT2D eigenvalue weighted by Crippen LogP contribution is -2.12. The molecule has 0 fully saturated rings. The van der Waals surface area contributed by atoms with E-state index >= 15 is 0 Å². The van der Waals surface area contributed by atoms with Crippen molar-refractivity contribution in [2.75, 3.05) is 5.32 Å². The Kier molecular flexibility index (Phi) is 3.14. The summed E-state index contributed by atoms with van der Waals surface area (Å²) in [7, 11) is 0. The van der Waals surface area contributed by atoms with Gasteiger partial charge in [0.15, 0.2) is 0 Å². The summed E-state index contributed by atoms with van der Waals surface area (Å²) in [5.74, 6) is -0.545. The lowest BCUT2D eigenvalue weighted by Gasteiger charge is -2.07. The van der Waals surface area contributed by atoms with Crippen LogP contribution in [0.5, 0.6) is 11.5 Å². The first-order valence-electron chi connectivity index (χ1n) is 5.32. The molecule has 1 heterocycles.